The van der Waals surface area contributed by atoms with Crippen LogP contribution in [0.3, 0.4) is 0 Å². The second kappa shape index (κ2) is 13.1. The quantitative estimate of drug-likeness (QED) is 0.124. The van der Waals surface area contributed by atoms with Gasteiger partial charge in [0, 0.05) is 29.2 Å². The minimum absolute atomic E-state index is 0.0822. The lowest BCUT2D eigenvalue weighted by atomic mass is 10.1. The number of hydrogen-bond acceptors (Lipinski definition) is 5. The molecule has 4 aromatic carbocycles. The molecule has 0 spiro atoms. The van der Waals surface area contributed by atoms with Crippen LogP contribution in [0.4, 0.5) is 4.79 Å². The molecule has 5 aromatic rings. The van der Waals surface area contributed by atoms with Gasteiger partial charge in [0.05, 0.1) is 23.6 Å². The Morgan fingerprint density at radius 3 is 2.39 bits per heavy atom. The standard InChI is InChI=1S/C36H30N2O5S/c39-34-33(44-36(42)38(34)23-26-14-16-28(17-15-26)35(40)41)22-29-24-37(32-13-5-4-12-31(29)32)18-7-19-43-30-11-6-10-27(21-30)20-25-8-2-1-3-9-25/h1-6,8-17,21-22,24H,7,18-20,23H2,(H,40,41)/b33-22+. The monoisotopic (exact) mass is 602 g/mol. The summed E-state index contributed by atoms with van der Waals surface area (Å²) in [5, 5.41) is 9.77. The first-order chi connectivity index (χ1) is 21.4. The van der Waals surface area contributed by atoms with Crippen LogP contribution in [-0.4, -0.2) is 38.3 Å². The molecule has 6 rings (SSSR count). The van der Waals surface area contributed by atoms with E-state index >= 15 is 0 Å². The van der Waals surface area contributed by atoms with Crippen molar-refractivity contribution in [1.29, 1.82) is 0 Å². The molecule has 0 atom stereocenters. The van der Waals surface area contributed by atoms with E-state index in [0.29, 0.717) is 17.1 Å². The number of carboxylic acids is 1. The molecule has 1 fully saturated rings. The van der Waals surface area contributed by atoms with Gasteiger partial charge in [-0.05, 0) is 77.7 Å². The minimum atomic E-state index is -1.03. The van der Waals surface area contributed by atoms with Gasteiger partial charge in [-0.2, -0.15) is 0 Å². The molecule has 2 heterocycles. The number of carbonyl (C=O) groups is 3. The predicted octanol–water partition coefficient (Wildman–Crippen LogP) is 7.64. The number of ether oxygens (including phenoxy) is 1. The van der Waals surface area contributed by atoms with Crippen LogP contribution in [0.1, 0.15) is 39.0 Å². The first-order valence-electron chi connectivity index (χ1n) is 14.4. The van der Waals surface area contributed by atoms with Crippen molar-refractivity contribution in [1.82, 2.24) is 9.47 Å². The lowest BCUT2D eigenvalue weighted by Crippen LogP contribution is -2.27. The van der Waals surface area contributed by atoms with Gasteiger partial charge in [-0.1, -0.05) is 72.8 Å². The zero-order valence-corrected chi connectivity index (χ0v) is 24.7. The van der Waals surface area contributed by atoms with E-state index in [1.807, 2.05) is 60.8 Å². The van der Waals surface area contributed by atoms with E-state index < -0.39 is 5.97 Å². The van der Waals surface area contributed by atoms with Crippen LogP contribution >= 0.6 is 11.8 Å². The second-order valence-corrected chi connectivity index (χ2v) is 11.6. The molecule has 0 unspecified atom stereocenters. The third-order valence-corrected chi connectivity index (χ3v) is 8.39. The number of amides is 2. The van der Waals surface area contributed by atoms with Crippen molar-refractivity contribution >= 4 is 45.9 Å². The van der Waals surface area contributed by atoms with Gasteiger partial charge in [0.1, 0.15) is 5.75 Å². The molecular formula is C36H30N2O5S. The summed E-state index contributed by atoms with van der Waals surface area (Å²) in [5.41, 5.74) is 5.21. The summed E-state index contributed by atoms with van der Waals surface area (Å²) < 4.78 is 8.25. The number of fused-ring (bicyclic) bond motifs is 1. The number of thioether (sulfide) groups is 1. The van der Waals surface area contributed by atoms with Crippen LogP contribution in [0.5, 0.6) is 5.75 Å². The Labute approximate surface area is 259 Å². The number of aryl methyl sites for hydroxylation is 1. The number of imide groups is 1. The first-order valence-corrected chi connectivity index (χ1v) is 15.2. The number of aromatic carboxylic acids is 1. The summed E-state index contributed by atoms with van der Waals surface area (Å²) in [6.07, 6.45) is 5.45. The number of hydrogen-bond donors (Lipinski definition) is 1. The molecule has 1 aliphatic rings. The highest BCUT2D eigenvalue weighted by Crippen LogP contribution is 2.35. The molecule has 0 aliphatic carbocycles. The zero-order chi connectivity index (χ0) is 30.5. The van der Waals surface area contributed by atoms with E-state index in [9.17, 15) is 14.4 Å². The highest BCUT2D eigenvalue weighted by Gasteiger charge is 2.35. The molecule has 0 saturated carbocycles. The van der Waals surface area contributed by atoms with Gasteiger partial charge in [-0.15, -0.1) is 0 Å². The Kier molecular flexibility index (Phi) is 8.61. The molecule has 1 N–H and O–H groups in total. The number of carbonyl (C=O) groups excluding carboxylic acids is 2. The van der Waals surface area contributed by atoms with Crippen molar-refractivity contribution in [2.24, 2.45) is 0 Å². The average Bonchev–Trinajstić information content (AvgIpc) is 3.52. The van der Waals surface area contributed by atoms with Gasteiger partial charge in [-0.25, -0.2) is 4.79 Å². The van der Waals surface area contributed by atoms with Gasteiger partial charge < -0.3 is 14.4 Å². The fraction of sp³-hybridized carbons (Fsp3) is 0.139. The van der Waals surface area contributed by atoms with Crippen LogP contribution < -0.4 is 4.74 Å². The highest BCUT2D eigenvalue weighted by molar-refractivity contribution is 8.18. The predicted molar refractivity (Wildman–Crippen MR) is 173 cm³/mol. The van der Waals surface area contributed by atoms with E-state index in [0.717, 1.165) is 53.4 Å². The third-order valence-electron chi connectivity index (χ3n) is 7.48. The maximum Gasteiger partial charge on any atom is 0.335 e. The van der Waals surface area contributed by atoms with Gasteiger partial charge in [0.15, 0.2) is 0 Å². The van der Waals surface area contributed by atoms with Crippen molar-refractivity contribution in [3.63, 3.8) is 0 Å². The van der Waals surface area contributed by atoms with E-state index in [4.69, 9.17) is 9.84 Å². The van der Waals surface area contributed by atoms with Gasteiger partial charge >= 0.3 is 5.97 Å². The number of nitrogens with zero attached hydrogens (tertiary/aromatic N) is 2. The Balaban J connectivity index is 1.11. The molecule has 1 saturated heterocycles. The fourth-order valence-corrected chi connectivity index (χ4v) is 6.12. The lowest BCUT2D eigenvalue weighted by molar-refractivity contribution is -0.123. The Hall–Kier alpha value is -5.08. The lowest BCUT2D eigenvalue weighted by Gasteiger charge is -2.12. The summed E-state index contributed by atoms with van der Waals surface area (Å²) in [6, 6.07) is 32.8. The van der Waals surface area contributed by atoms with E-state index in [-0.39, 0.29) is 23.3 Å². The molecular weight excluding hydrogens is 572 g/mol. The average molecular weight is 603 g/mol. The fourth-order valence-electron chi connectivity index (χ4n) is 5.29. The number of aromatic nitrogens is 1. The van der Waals surface area contributed by atoms with Crippen LogP contribution in [0.15, 0.2) is 114 Å². The molecule has 0 radical (unpaired) electrons. The zero-order valence-electron chi connectivity index (χ0n) is 23.9. The number of carboxylic acid groups (broad SMARTS) is 1. The summed E-state index contributed by atoms with van der Waals surface area (Å²) in [5.74, 6) is -0.534. The Bertz CT molecular complexity index is 1860. The molecule has 8 heteroatoms. The third kappa shape index (κ3) is 6.61. The number of rotatable bonds is 11. The largest absolute Gasteiger partial charge is 0.494 e. The molecule has 7 nitrogen and oxygen atoms in total. The minimum Gasteiger partial charge on any atom is -0.494 e. The molecule has 2 amide bonds. The van der Waals surface area contributed by atoms with Crippen LogP contribution in [0.25, 0.3) is 17.0 Å². The molecule has 1 aromatic heterocycles. The van der Waals surface area contributed by atoms with Gasteiger partial charge in [0.2, 0.25) is 0 Å². The Morgan fingerprint density at radius 2 is 1.59 bits per heavy atom. The Morgan fingerprint density at radius 1 is 0.841 bits per heavy atom. The topological polar surface area (TPSA) is 88.8 Å². The molecule has 0 bridgehead atoms. The maximum atomic E-state index is 13.2. The van der Waals surface area contributed by atoms with E-state index in [1.165, 1.54) is 28.2 Å². The van der Waals surface area contributed by atoms with Crippen molar-refractivity contribution < 1.29 is 24.2 Å². The van der Waals surface area contributed by atoms with Crippen LogP contribution in [0, 0.1) is 0 Å². The first kappa shape index (κ1) is 29.0. The summed E-state index contributed by atoms with van der Waals surface area (Å²) in [4.78, 5) is 38.6. The van der Waals surface area contributed by atoms with E-state index in [1.54, 1.807) is 18.2 Å². The van der Waals surface area contributed by atoms with E-state index in [2.05, 4.69) is 28.8 Å². The smallest absolute Gasteiger partial charge is 0.335 e. The summed E-state index contributed by atoms with van der Waals surface area (Å²) in [6.45, 7) is 1.37. The number of benzene rings is 4. The number of para-hydroxylation sites is 1. The van der Waals surface area contributed by atoms with Crippen molar-refractivity contribution in [2.45, 2.75) is 25.9 Å². The molecule has 44 heavy (non-hydrogen) atoms. The van der Waals surface area contributed by atoms with Crippen LogP contribution in [0.2, 0.25) is 0 Å². The second-order valence-electron chi connectivity index (χ2n) is 10.6. The maximum absolute atomic E-state index is 13.2. The van der Waals surface area contributed by atoms with Crippen molar-refractivity contribution in [2.75, 3.05) is 6.61 Å². The van der Waals surface area contributed by atoms with Crippen LogP contribution in [-0.2, 0) is 24.3 Å². The highest BCUT2D eigenvalue weighted by atomic mass is 32.2. The molecule has 1 aliphatic heterocycles. The summed E-state index contributed by atoms with van der Waals surface area (Å²) in [7, 11) is 0. The molecule has 220 valence electrons. The summed E-state index contributed by atoms with van der Waals surface area (Å²) >= 11 is 0.917. The van der Waals surface area contributed by atoms with Crippen molar-refractivity contribution in [3.8, 4) is 5.75 Å². The van der Waals surface area contributed by atoms with Gasteiger partial charge in [0.25, 0.3) is 11.1 Å². The van der Waals surface area contributed by atoms with Gasteiger partial charge in [-0.3, -0.25) is 14.5 Å². The normalized spacial score (nSPS) is 14.1. The SMILES string of the molecule is O=C(O)c1ccc(CN2C(=O)S/C(=C/c3cn(CCCOc4cccc(Cc5ccccc5)c4)c4ccccc34)C2=O)cc1. The van der Waals surface area contributed by atoms with Crippen molar-refractivity contribution in [3.05, 3.63) is 142 Å².